The molecule has 0 radical (unpaired) electrons. The third-order valence-electron chi connectivity index (χ3n) is 7.84. The number of nitrogens with one attached hydrogen (secondary N) is 1. The molecular formula is C25H34F2N4O3. The van der Waals surface area contributed by atoms with Crippen LogP contribution in [0.1, 0.15) is 64.4 Å². The van der Waals surface area contributed by atoms with Gasteiger partial charge in [-0.05, 0) is 65.6 Å². The van der Waals surface area contributed by atoms with Crippen LogP contribution in [0.3, 0.4) is 0 Å². The molecule has 34 heavy (non-hydrogen) atoms. The standard InChI is InChI=1S/C25H34F2N4O3/c1-4-25(2)9-7-18-16(24(33)34)12-15(32)13-17-21(28)19(26)22(20(27)23(17)31(18)25)29-14-6-5-10-30(3)11-8-14/h14,29H,4-13,28H2,1-3H3,(H,33,34)/b18-16+. The lowest BCUT2D eigenvalue weighted by Crippen LogP contribution is -2.42. The molecule has 7 nitrogen and oxygen atoms in total. The number of nitrogens with zero attached hydrogens (tertiary/aromatic N) is 2. The van der Waals surface area contributed by atoms with Gasteiger partial charge in [0, 0.05) is 35.7 Å². The number of ketones is 1. The lowest BCUT2D eigenvalue weighted by molar-refractivity contribution is -0.134. The van der Waals surface area contributed by atoms with Crippen molar-refractivity contribution in [3.8, 4) is 0 Å². The number of allylic oxidation sites excluding steroid dienone is 1. The van der Waals surface area contributed by atoms with Crippen molar-refractivity contribution in [1.29, 1.82) is 0 Å². The van der Waals surface area contributed by atoms with Gasteiger partial charge < -0.3 is 26.0 Å². The molecule has 0 saturated carbocycles. The summed E-state index contributed by atoms with van der Waals surface area (Å²) in [5.74, 6) is -3.30. The van der Waals surface area contributed by atoms with Crippen molar-refractivity contribution < 1.29 is 23.5 Å². The van der Waals surface area contributed by atoms with Gasteiger partial charge in [-0.25, -0.2) is 13.6 Å². The van der Waals surface area contributed by atoms with Crippen LogP contribution in [-0.4, -0.2) is 53.5 Å². The zero-order chi connectivity index (χ0) is 24.8. The highest BCUT2D eigenvalue weighted by atomic mass is 19.1. The Morgan fingerprint density at radius 1 is 1.24 bits per heavy atom. The Bertz CT molecular complexity index is 1060. The molecule has 1 aromatic rings. The smallest absolute Gasteiger partial charge is 0.333 e. The van der Waals surface area contributed by atoms with Crippen molar-refractivity contribution in [3.63, 3.8) is 0 Å². The SMILES string of the molecule is CCC1(C)CC/C2=C(\C(=O)O)CC(=O)Cc3c(N)c(F)c(NC4CCCN(C)CC4)c(F)c3N21. The summed E-state index contributed by atoms with van der Waals surface area (Å²) in [7, 11) is 2.02. The second kappa shape index (κ2) is 9.17. The molecule has 1 aromatic carbocycles. The second-order valence-electron chi connectivity index (χ2n) is 10.1. The van der Waals surface area contributed by atoms with Gasteiger partial charge >= 0.3 is 5.97 Å². The number of Topliss-reactive ketones (excluding diaryl/α,β-unsaturated/α-hetero) is 1. The molecule has 3 aliphatic heterocycles. The van der Waals surface area contributed by atoms with E-state index >= 15 is 8.78 Å². The lowest BCUT2D eigenvalue weighted by atomic mass is 9.91. The van der Waals surface area contributed by atoms with Crippen molar-refractivity contribution in [2.45, 2.75) is 76.8 Å². The molecule has 3 aliphatic rings. The molecule has 2 atom stereocenters. The van der Waals surface area contributed by atoms with Gasteiger partial charge in [0.25, 0.3) is 0 Å². The van der Waals surface area contributed by atoms with Gasteiger partial charge in [0.1, 0.15) is 11.5 Å². The average molecular weight is 477 g/mol. The highest BCUT2D eigenvalue weighted by Gasteiger charge is 2.45. The normalized spacial score (nSPS) is 28.1. The van der Waals surface area contributed by atoms with Crippen molar-refractivity contribution >= 4 is 28.8 Å². The molecule has 9 heteroatoms. The molecular weight excluding hydrogens is 442 g/mol. The summed E-state index contributed by atoms with van der Waals surface area (Å²) in [6.07, 6.45) is 3.40. The van der Waals surface area contributed by atoms with Crippen molar-refractivity contribution in [3.05, 3.63) is 28.5 Å². The Morgan fingerprint density at radius 2 is 1.97 bits per heavy atom. The summed E-state index contributed by atoms with van der Waals surface area (Å²) in [6.45, 7) is 5.63. The number of carboxylic acid groups (broad SMARTS) is 1. The first-order valence-corrected chi connectivity index (χ1v) is 12.1. The number of aliphatic carboxylic acids is 1. The van der Waals surface area contributed by atoms with Crippen LogP contribution in [0.2, 0.25) is 0 Å². The van der Waals surface area contributed by atoms with Crippen molar-refractivity contribution in [2.75, 3.05) is 36.1 Å². The topological polar surface area (TPSA) is 98.9 Å². The second-order valence-corrected chi connectivity index (χ2v) is 10.1. The van der Waals surface area contributed by atoms with Crippen LogP contribution in [0.15, 0.2) is 11.3 Å². The van der Waals surface area contributed by atoms with Gasteiger partial charge in [-0.15, -0.1) is 0 Å². The van der Waals surface area contributed by atoms with Gasteiger partial charge in [-0.1, -0.05) is 6.92 Å². The number of carbonyl (C=O) groups excluding carboxylic acids is 1. The minimum atomic E-state index is -1.19. The van der Waals surface area contributed by atoms with E-state index in [1.807, 2.05) is 20.9 Å². The van der Waals surface area contributed by atoms with Gasteiger partial charge in [-0.3, -0.25) is 4.79 Å². The molecule has 0 aromatic heterocycles. The molecule has 2 fully saturated rings. The van der Waals surface area contributed by atoms with Gasteiger partial charge in [0.15, 0.2) is 11.6 Å². The van der Waals surface area contributed by atoms with Gasteiger partial charge in [0.2, 0.25) is 0 Å². The predicted octanol–water partition coefficient (Wildman–Crippen LogP) is 4.07. The number of halogens is 2. The zero-order valence-corrected chi connectivity index (χ0v) is 20.1. The fourth-order valence-corrected chi connectivity index (χ4v) is 5.59. The minimum Gasteiger partial charge on any atom is -0.478 e. The maximum Gasteiger partial charge on any atom is 0.333 e. The number of nitrogens with two attached hydrogens (primary N) is 1. The van der Waals surface area contributed by atoms with Crippen molar-refractivity contribution in [2.24, 2.45) is 0 Å². The van der Waals surface area contributed by atoms with E-state index < -0.39 is 28.9 Å². The molecule has 0 aliphatic carbocycles. The first kappa shape index (κ1) is 24.4. The Hall–Kier alpha value is -2.68. The Labute approximate surface area is 199 Å². The number of carboxylic acids is 1. The maximum absolute atomic E-state index is 16.3. The number of carbonyl (C=O) groups is 2. The number of hydrogen-bond acceptors (Lipinski definition) is 6. The lowest BCUT2D eigenvalue weighted by Gasteiger charge is -2.40. The van der Waals surface area contributed by atoms with Crippen LogP contribution in [-0.2, 0) is 16.0 Å². The van der Waals surface area contributed by atoms with Crippen LogP contribution in [0, 0.1) is 11.6 Å². The highest BCUT2D eigenvalue weighted by Crippen LogP contribution is 2.50. The fourth-order valence-electron chi connectivity index (χ4n) is 5.59. The Balaban J connectivity index is 1.91. The first-order valence-electron chi connectivity index (χ1n) is 12.1. The van der Waals surface area contributed by atoms with Crippen LogP contribution >= 0.6 is 0 Å². The maximum atomic E-state index is 16.3. The van der Waals surface area contributed by atoms with E-state index in [-0.39, 0.29) is 47.1 Å². The van der Waals surface area contributed by atoms with E-state index in [0.29, 0.717) is 25.0 Å². The van der Waals surface area contributed by atoms with Gasteiger partial charge in [0.05, 0.1) is 16.9 Å². The van der Waals surface area contributed by atoms with E-state index in [1.165, 1.54) is 0 Å². The highest BCUT2D eigenvalue weighted by molar-refractivity contribution is 5.99. The minimum absolute atomic E-state index is 0.0172. The van der Waals surface area contributed by atoms with E-state index in [2.05, 4.69) is 10.2 Å². The summed E-state index contributed by atoms with van der Waals surface area (Å²) in [6, 6.07) is -0.123. The van der Waals surface area contributed by atoms with E-state index in [4.69, 9.17) is 5.73 Å². The third-order valence-corrected chi connectivity index (χ3v) is 7.84. The largest absolute Gasteiger partial charge is 0.478 e. The molecule has 2 unspecified atom stereocenters. The number of benzene rings is 1. The predicted molar refractivity (Wildman–Crippen MR) is 128 cm³/mol. The Morgan fingerprint density at radius 3 is 2.65 bits per heavy atom. The quantitative estimate of drug-likeness (QED) is 0.564. The number of anilines is 3. The number of hydrogen-bond donors (Lipinski definition) is 3. The fraction of sp³-hybridized carbons (Fsp3) is 0.600. The first-order chi connectivity index (χ1) is 16.1. The summed E-state index contributed by atoms with van der Waals surface area (Å²) < 4.78 is 31.8. The van der Waals surface area contributed by atoms with Crippen molar-refractivity contribution in [1.82, 2.24) is 4.90 Å². The van der Waals surface area contributed by atoms with Crippen LogP contribution in [0.5, 0.6) is 0 Å². The zero-order valence-electron chi connectivity index (χ0n) is 20.1. The number of rotatable bonds is 4. The number of fused-ring (bicyclic) bond motifs is 3. The molecule has 0 bridgehead atoms. The van der Waals surface area contributed by atoms with Crippen LogP contribution < -0.4 is 16.0 Å². The molecule has 186 valence electrons. The molecule has 2 saturated heterocycles. The molecule has 3 heterocycles. The van der Waals surface area contributed by atoms with E-state index in [1.54, 1.807) is 4.90 Å². The number of nitrogen functional groups attached to an aromatic ring is 1. The molecule has 0 amide bonds. The summed E-state index contributed by atoms with van der Waals surface area (Å²) >= 11 is 0. The van der Waals surface area contributed by atoms with Crippen LogP contribution in [0.4, 0.5) is 25.8 Å². The Kier molecular flexibility index (Phi) is 6.59. The number of likely N-dealkylation sites (tertiary alicyclic amines) is 1. The van der Waals surface area contributed by atoms with E-state index in [0.717, 1.165) is 32.4 Å². The summed E-state index contributed by atoms with van der Waals surface area (Å²) in [5, 5.41) is 12.9. The van der Waals surface area contributed by atoms with Crippen LogP contribution in [0.25, 0.3) is 0 Å². The van der Waals surface area contributed by atoms with E-state index in [9.17, 15) is 14.7 Å². The summed E-state index contributed by atoms with van der Waals surface area (Å²) in [5.41, 5.74) is 5.64. The molecule has 0 spiro atoms. The monoisotopic (exact) mass is 476 g/mol. The third kappa shape index (κ3) is 4.15. The molecule has 4 rings (SSSR count). The van der Waals surface area contributed by atoms with Gasteiger partial charge in [-0.2, -0.15) is 0 Å². The average Bonchev–Trinajstić information content (AvgIpc) is 2.97. The molecule has 4 N–H and O–H groups in total. The summed E-state index contributed by atoms with van der Waals surface area (Å²) in [4.78, 5) is 28.7.